The molecule has 7 heteroatoms. The van der Waals surface area contributed by atoms with Crippen molar-refractivity contribution in [3.05, 3.63) is 78.4 Å². The van der Waals surface area contributed by atoms with Gasteiger partial charge >= 0.3 is 6.03 Å². The molecule has 0 aliphatic heterocycles. The lowest BCUT2D eigenvalue weighted by molar-refractivity contribution is 0.262. The van der Waals surface area contributed by atoms with Gasteiger partial charge in [-0.25, -0.2) is 9.78 Å². The molecule has 146 valence electrons. The van der Waals surface area contributed by atoms with E-state index in [1.165, 1.54) is 11.3 Å². The van der Waals surface area contributed by atoms with Gasteiger partial charge in [-0.1, -0.05) is 47.7 Å². The predicted molar refractivity (Wildman–Crippen MR) is 116 cm³/mol. The Kier molecular flexibility index (Phi) is 5.58. The van der Waals surface area contributed by atoms with Crippen molar-refractivity contribution < 1.29 is 14.3 Å². The molecule has 0 unspecified atom stereocenters. The summed E-state index contributed by atoms with van der Waals surface area (Å²) in [6.07, 6.45) is 0. The fourth-order valence-electron chi connectivity index (χ4n) is 2.78. The van der Waals surface area contributed by atoms with Crippen LogP contribution >= 0.6 is 11.3 Å². The lowest BCUT2D eigenvalue weighted by Gasteiger charge is -2.08. The molecular weight excluding hydrogens is 386 g/mol. The Labute approximate surface area is 172 Å². The van der Waals surface area contributed by atoms with Crippen LogP contribution in [0.2, 0.25) is 0 Å². The third kappa shape index (κ3) is 4.64. The van der Waals surface area contributed by atoms with Crippen LogP contribution in [0.3, 0.4) is 0 Å². The van der Waals surface area contributed by atoms with Gasteiger partial charge in [0.15, 0.2) is 5.13 Å². The molecule has 0 saturated carbocycles. The Bertz CT molecular complexity index is 1110. The highest BCUT2D eigenvalue weighted by molar-refractivity contribution is 7.22. The first-order valence-corrected chi connectivity index (χ1v) is 9.81. The molecule has 6 nitrogen and oxygen atoms in total. The summed E-state index contributed by atoms with van der Waals surface area (Å²) in [5, 5.41) is 6.06. The Hall–Kier alpha value is -3.58. The van der Waals surface area contributed by atoms with Crippen molar-refractivity contribution in [3.63, 3.8) is 0 Å². The van der Waals surface area contributed by atoms with Crippen LogP contribution in [-0.4, -0.2) is 18.1 Å². The number of fused-ring (bicyclic) bond motifs is 1. The van der Waals surface area contributed by atoms with Gasteiger partial charge in [-0.15, -0.1) is 0 Å². The molecule has 0 atom stereocenters. The Morgan fingerprint density at radius 1 is 0.966 bits per heavy atom. The largest absolute Gasteiger partial charge is 0.494 e. The monoisotopic (exact) mass is 405 g/mol. The maximum absolute atomic E-state index is 12.3. The van der Waals surface area contributed by atoms with Crippen molar-refractivity contribution in [2.45, 2.75) is 6.61 Å². The quantitative estimate of drug-likeness (QED) is 0.442. The molecule has 4 aromatic rings. The minimum Gasteiger partial charge on any atom is -0.494 e. The van der Waals surface area contributed by atoms with E-state index in [2.05, 4.69) is 15.6 Å². The van der Waals surface area contributed by atoms with Crippen molar-refractivity contribution in [2.75, 3.05) is 17.7 Å². The van der Waals surface area contributed by atoms with Crippen LogP contribution in [-0.2, 0) is 6.61 Å². The summed E-state index contributed by atoms with van der Waals surface area (Å²) in [5.74, 6) is 1.41. The molecule has 2 N–H and O–H groups in total. The van der Waals surface area contributed by atoms with Gasteiger partial charge in [-0.3, -0.25) is 5.32 Å². The number of benzene rings is 3. The van der Waals surface area contributed by atoms with Crippen LogP contribution in [0.4, 0.5) is 15.6 Å². The molecule has 0 fully saturated rings. The van der Waals surface area contributed by atoms with Gasteiger partial charge in [0.25, 0.3) is 0 Å². The molecule has 2 amide bonds. The molecule has 0 radical (unpaired) electrons. The van der Waals surface area contributed by atoms with Crippen LogP contribution in [0.1, 0.15) is 5.56 Å². The smallest absolute Gasteiger partial charge is 0.325 e. The molecular formula is C22H19N3O3S. The molecule has 0 aliphatic rings. The van der Waals surface area contributed by atoms with E-state index in [1.54, 1.807) is 19.2 Å². The minimum absolute atomic E-state index is 0.360. The van der Waals surface area contributed by atoms with E-state index in [0.717, 1.165) is 21.5 Å². The van der Waals surface area contributed by atoms with E-state index < -0.39 is 0 Å². The molecule has 1 aromatic heterocycles. The van der Waals surface area contributed by atoms with Crippen LogP contribution in [0.15, 0.2) is 72.8 Å². The molecule has 0 saturated heterocycles. The Balaban J connectivity index is 1.35. The summed E-state index contributed by atoms with van der Waals surface area (Å²) in [5.41, 5.74) is 2.49. The molecule has 0 aliphatic carbocycles. The van der Waals surface area contributed by atoms with E-state index in [-0.39, 0.29) is 6.03 Å². The summed E-state index contributed by atoms with van der Waals surface area (Å²) < 4.78 is 12.0. The highest BCUT2D eigenvalue weighted by atomic mass is 32.1. The molecule has 0 bridgehead atoms. The number of carbonyl (C=O) groups is 1. The van der Waals surface area contributed by atoms with Gasteiger partial charge in [0, 0.05) is 5.69 Å². The zero-order chi connectivity index (χ0) is 20.1. The number of aromatic nitrogens is 1. The number of nitrogens with one attached hydrogen (secondary N) is 2. The van der Waals surface area contributed by atoms with Gasteiger partial charge in [0.1, 0.15) is 23.6 Å². The molecule has 4 rings (SSSR count). The number of hydrogen-bond donors (Lipinski definition) is 2. The highest BCUT2D eigenvalue weighted by Crippen LogP contribution is 2.32. The summed E-state index contributed by atoms with van der Waals surface area (Å²) in [6.45, 7) is 0.495. The zero-order valence-corrected chi connectivity index (χ0v) is 16.5. The van der Waals surface area contributed by atoms with Crippen molar-refractivity contribution in [3.8, 4) is 11.5 Å². The summed E-state index contributed by atoms with van der Waals surface area (Å²) in [4.78, 5) is 16.7. The first-order valence-electron chi connectivity index (χ1n) is 8.99. The van der Waals surface area contributed by atoms with Crippen molar-refractivity contribution in [1.29, 1.82) is 0 Å². The highest BCUT2D eigenvalue weighted by Gasteiger charge is 2.11. The fraction of sp³-hybridized carbons (Fsp3) is 0.0909. The van der Waals surface area contributed by atoms with Crippen LogP contribution in [0, 0.1) is 0 Å². The second-order valence-electron chi connectivity index (χ2n) is 6.20. The maximum Gasteiger partial charge on any atom is 0.325 e. The number of urea groups is 1. The number of amides is 2. The average molecular weight is 405 g/mol. The van der Waals surface area contributed by atoms with E-state index in [9.17, 15) is 4.79 Å². The van der Waals surface area contributed by atoms with Gasteiger partial charge in [0.2, 0.25) is 0 Å². The number of anilines is 2. The van der Waals surface area contributed by atoms with Crippen molar-refractivity contribution >= 4 is 38.4 Å². The number of rotatable bonds is 6. The number of hydrogen-bond acceptors (Lipinski definition) is 5. The van der Waals surface area contributed by atoms with E-state index in [1.807, 2.05) is 60.7 Å². The van der Waals surface area contributed by atoms with Crippen LogP contribution in [0.25, 0.3) is 10.2 Å². The van der Waals surface area contributed by atoms with Gasteiger partial charge in [0.05, 0.1) is 11.8 Å². The third-order valence-corrected chi connectivity index (χ3v) is 5.12. The number of methoxy groups -OCH3 is 1. The van der Waals surface area contributed by atoms with Crippen molar-refractivity contribution in [1.82, 2.24) is 4.98 Å². The second kappa shape index (κ2) is 8.62. The lowest BCUT2D eigenvalue weighted by atomic mass is 10.2. The number of nitrogens with zero attached hydrogens (tertiary/aromatic N) is 1. The molecule has 3 aromatic carbocycles. The van der Waals surface area contributed by atoms with Gasteiger partial charge in [-0.05, 0) is 42.0 Å². The molecule has 1 heterocycles. The van der Waals surface area contributed by atoms with E-state index in [0.29, 0.717) is 23.2 Å². The first-order chi connectivity index (χ1) is 14.2. The van der Waals surface area contributed by atoms with E-state index >= 15 is 0 Å². The number of thiazole rings is 1. The third-order valence-electron chi connectivity index (χ3n) is 4.18. The lowest BCUT2D eigenvalue weighted by Crippen LogP contribution is -2.19. The van der Waals surface area contributed by atoms with Crippen LogP contribution in [0.5, 0.6) is 11.5 Å². The Morgan fingerprint density at radius 2 is 1.76 bits per heavy atom. The zero-order valence-electron chi connectivity index (χ0n) is 15.7. The number of carbonyl (C=O) groups excluding carboxylic acids is 1. The Morgan fingerprint density at radius 3 is 2.52 bits per heavy atom. The topological polar surface area (TPSA) is 72.5 Å². The summed E-state index contributed by atoms with van der Waals surface area (Å²) in [7, 11) is 1.60. The SMILES string of the molecule is COc1cccc2sc(NC(=O)Nc3ccc(OCc4ccccc4)cc3)nc12. The predicted octanol–water partition coefficient (Wildman–Crippen LogP) is 5.53. The number of para-hydroxylation sites is 1. The first kappa shape index (κ1) is 18.8. The minimum atomic E-state index is -0.360. The molecule has 0 spiro atoms. The maximum atomic E-state index is 12.3. The summed E-state index contributed by atoms with van der Waals surface area (Å²) >= 11 is 1.39. The van der Waals surface area contributed by atoms with Crippen LogP contribution < -0.4 is 20.1 Å². The standard InChI is InChI=1S/C22H19N3O3S/c1-27-18-8-5-9-19-20(18)24-22(29-19)25-21(26)23-16-10-12-17(13-11-16)28-14-15-6-3-2-4-7-15/h2-13H,14H2,1H3,(H2,23,24,25,26). The fourth-order valence-corrected chi connectivity index (χ4v) is 3.65. The van der Waals surface area contributed by atoms with Crippen molar-refractivity contribution in [2.24, 2.45) is 0 Å². The number of ether oxygens (including phenoxy) is 2. The normalized spacial score (nSPS) is 10.5. The average Bonchev–Trinajstić information content (AvgIpc) is 3.16. The van der Waals surface area contributed by atoms with Gasteiger partial charge in [-0.2, -0.15) is 0 Å². The van der Waals surface area contributed by atoms with Gasteiger partial charge < -0.3 is 14.8 Å². The summed E-state index contributed by atoms with van der Waals surface area (Å²) in [6, 6.07) is 22.5. The molecule has 29 heavy (non-hydrogen) atoms. The van der Waals surface area contributed by atoms with E-state index in [4.69, 9.17) is 9.47 Å². The second-order valence-corrected chi connectivity index (χ2v) is 7.23.